The monoisotopic (exact) mass is 283 g/mol. The van der Waals surface area contributed by atoms with Gasteiger partial charge >= 0.3 is 0 Å². The zero-order valence-corrected chi connectivity index (χ0v) is 13.6. The fraction of sp³-hybridized carbons (Fsp3) is 0.368. The normalized spacial score (nSPS) is 12.7. The third-order valence-electron chi connectivity index (χ3n) is 4.26. The molecular weight excluding hydrogens is 258 g/mol. The maximum absolute atomic E-state index is 9.63. The summed E-state index contributed by atoms with van der Waals surface area (Å²) in [6.07, 6.45) is 0. The van der Waals surface area contributed by atoms with Gasteiger partial charge < -0.3 is 5.11 Å². The molecule has 0 spiro atoms. The molecule has 0 aliphatic carbocycles. The summed E-state index contributed by atoms with van der Waals surface area (Å²) >= 11 is 0. The number of phenolic OH excluding ortho intramolecular Hbond substituents is 1. The minimum Gasteiger partial charge on any atom is -0.508 e. The van der Waals surface area contributed by atoms with Crippen LogP contribution in [0.1, 0.15) is 40.8 Å². The zero-order chi connectivity index (χ0) is 15.6. The molecular formula is C19H25NO. The van der Waals surface area contributed by atoms with E-state index in [2.05, 4.69) is 57.8 Å². The highest BCUT2D eigenvalue weighted by Crippen LogP contribution is 2.25. The molecule has 21 heavy (non-hydrogen) atoms. The number of hydrogen-bond donors (Lipinski definition) is 1. The summed E-state index contributed by atoms with van der Waals surface area (Å²) < 4.78 is 0. The first kappa shape index (κ1) is 15.6. The van der Waals surface area contributed by atoms with Crippen LogP contribution in [-0.2, 0) is 6.54 Å². The molecule has 0 fully saturated rings. The molecule has 0 bridgehead atoms. The first-order chi connectivity index (χ1) is 9.88. The van der Waals surface area contributed by atoms with Crippen LogP contribution in [0.15, 0.2) is 36.4 Å². The molecule has 2 aromatic rings. The molecule has 2 nitrogen and oxygen atoms in total. The van der Waals surface area contributed by atoms with Crippen LogP contribution < -0.4 is 0 Å². The van der Waals surface area contributed by atoms with Crippen molar-refractivity contribution in [1.82, 2.24) is 4.90 Å². The molecule has 2 heteroatoms. The Kier molecular flexibility index (Phi) is 4.69. The van der Waals surface area contributed by atoms with Crippen LogP contribution in [0.25, 0.3) is 0 Å². The van der Waals surface area contributed by atoms with Crippen molar-refractivity contribution in [3.63, 3.8) is 0 Å². The first-order valence-electron chi connectivity index (χ1n) is 7.44. The van der Waals surface area contributed by atoms with Crippen LogP contribution in [-0.4, -0.2) is 17.1 Å². The molecule has 112 valence electrons. The molecule has 0 heterocycles. The van der Waals surface area contributed by atoms with Crippen molar-refractivity contribution in [2.75, 3.05) is 7.05 Å². The Balaban J connectivity index is 2.20. The number of phenols is 1. The predicted octanol–water partition coefficient (Wildman–Crippen LogP) is 4.51. The van der Waals surface area contributed by atoms with E-state index in [1.165, 1.54) is 22.3 Å². The lowest BCUT2D eigenvalue weighted by Gasteiger charge is -2.27. The van der Waals surface area contributed by atoms with Crippen LogP contribution in [0.2, 0.25) is 0 Å². The standard InChI is InChI=1S/C19H25NO/c1-13-9-14(2)19(15(3)10-13)12-20(5)16(4)17-7-6-8-18(21)11-17/h6-11,16,21H,12H2,1-5H3. The number of hydrogen-bond acceptors (Lipinski definition) is 2. The Labute approximate surface area is 128 Å². The van der Waals surface area contributed by atoms with Gasteiger partial charge in [0.05, 0.1) is 0 Å². The third-order valence-corrected chi connectivity index (χ3v) is 4.26. The predicted molar refractivity (Wildman–Crippen MR) is 88.6 cm³/mol. The lowest BCUT2D eigenvalue weighted by atomic mass is 9.98. The number of aryl methyl sites for hydroxylation is 3. The third kappa shape index (κ3) is 3.64. The van der Waals surface area contributed by atoms with E-state index in [1.807, 2.05) is 12.1 Å². The highest BCUT2D eigenvalue weighted by atomic mass is 16.3. The van der Waals surface area contributed by atoms with Gasteiger partial charge in [-0.3, -0.25) is 4.90 Å². The summed E-state index contributed by atoms with van der Waals surface area (Å²) in [7, 11) is 2.13. The molecule has 0 saturated carbocycles. The van der Waals surface area contributed by atoms with Crippen molar-refractivity contribution in [3.05, 3.63) is 64.2 Å². The highest BCUT2D eigenvalue weighted by Gasteiger charge is 2.14. The van der Waals surface area contributed by atoms with Gasteiger partial charge in [0, 0.05) is 12.6 Å². The summed E-state index contributed by atoms with van der Waals surface area (Å²) in [4.78, 5) is 2.32. The molecule has 1 unspecified atom stereocenters. The van der Waals surface area contributed by atoms with Crippen LogP contribution in [0.4, 0.5) is 0 Å². The molecule has 2 aromatic carbocycles. The quantitative estimate of drug-likeness (QED) is 0.892. The number of aromatic hydroxyl groups is 1. The van der Waals surface area contributed by atoms with E-state index in [-0.39, 0.29) is 6.04 Å². The molecule has 0 saturated heterocycles. The average molecular weight is 283 g/mol. The van der Waals surface area contributed by atoms with Crippen molar-refractivity contribution >= 4 is 0 Å². The van der Waals surface area contributed by atoms with Crippen LogP contribution in [0, 0.1) is 20.8 Å². The Morgan fingerprint density at radius 1 is 1.05 bits per heavy atom. The second-order valence-corrected chi connectivity index (χ2v) is 6.06. The van der Waals surface area contributed by atoms with Gasteiger partial charge in [-0.2, -0.15) is 0 Å². The Bertz CT molecular complexity index is 610. The number of rotatable bonds is 4. The minimum absolute atomic E-state index is 0.261. The smallest absolute Gasteiger partial charge is 0.115 e. The lowest BCUT2D eigenvalue weighted by molar-refractivity contribution is 0.251. The second kappa shape index (κ2) is 6.31. The summed E-state index contributed by atoms with van der Waals surface area (Å²) in [5.41, 5.74) is 6.55. The van der Waals surface area contributed by atoms with Gasteiger partial charge in [0.15, 0.2) is 0 Å². The van der Waals surface area contributed by atoms with E-state index in [9.17, 15) is 5.11 Å². The minimum atomic E-state index is 0.261. The maximum Gasteiger partial charge on any atom is 0.115 e. The SMILES string of the molecule is Cc1cc(C)c(CN(C)C(C)c2cccc(O)c2)c(C)c1. The topological polar surface area (TPSA) is 23.5 Å². The first-order valence-corrected chi connectivity index (χ1v) is 7.44. The van der Waals surface area contributed by atoms with E-state index in [1.54, 1.807) is 6.07 Å². The van der Waals surface area contributed by atoms with Crippen molar-refractivity contribution in [1.29, 1.82) is 0 Å². The van der Waals surface area contributed by atoms with Crippen molar-refractivity contribution in [2.45, 2.75) is 40.3 Å². The van der Waals surface area contributed by atoms with Gasteiger partial charge in [-0.1, -0.05) is 29.8 Å². The van der Waals surface area contributed by atoms with E-state index in [0.29, 0.717) is 5.75 Å². The molecule has 0 aliphatic heterocycles. The van der Waals surface area contributed by atoms with E-state index >= 15 is 0 Å². The average Bonchev–Trinajstić information content (AvgIpc) is 2.41. The van der Waals surface area contributed by atoms with E-state index in [0.717, 1.165) is 12.1 Å². The van der Waals surface area contributed by atoms with E-state index in [4.69, 9.17) is 0 Å². The maximum atomic E-state index is 9.63. The van der Waals surface area contributed by atoms with Gasteiger partial charge in [0.25, 0.3) is 0 Å². The Morgan fingerprint density at radius 3 is 2.24 bits per heavy atom. The fourth-order valence-corrected chi connectivity index (χ4v) is 2.88. The van der Waals surface area contributed by atoms with Crippen molar-refractivity contribution < 1.29 is 5.11 Å². The largest absolute Gasteiger partial charge is 0.508 e. The molecule has 0 radical (unpaired) electrons. The summed E-state index contributed by atoms with van der Waals surface area (Å²) in [6, 6.07) is 12.3. The zero-order valence-electron chi connectivity index (χ0n) is 13.6. The Morgan fingerprint density at radius 2 is 1.67 bits per heavy atom. The second-order valence-electron chi connectivity index (χ2n) is 6.06. The van der Waals surface area contributed by atoms with Crippen molar-refractivity contribution in [3.8, 4) is 5.75 Å². The summed E-state index contributed by atoms with van der Waals surface area (Å²) in [6.45, 7) is 9.59. The van der Waals surface area contributed by atoms with Gasteiger partial charge in [0.1, 0.15) is 5.75 Å². The molecule has 0 amide bonds. The van der Waals surface area contributed by atoms with E-state index < -0.39 is 0 Å². The van der Waals surface area contributed by atoms with Crippen LogP contribution in [0.3, 0.4) is 0 Å². The van der Waals surface area contributed by atoms with Gasteiger partial charge in [-0.05, 0) is 69.1 Å². The van der Waals surface area contributed by atoms with Crippen LogP contribution in [0.5, 0.6) is 5.75 Å². The van der Waals surface area contributed by atoms with Gasteiger partial charge in [-0.15, -0.1) is 0 Å². The Hall–Kier alpha value is -1.80. The van der Waals surface area contributed by atoms with Crippen molar-refractivity contribution in [2.24, 2.45) is 0 Å². The molecule has 0 aromatic heterocycles. The summed E-state index contributed by atoms with van der Waals surface area (Å²) in [5, 5.41) is 9.63. The fourth-order valence-electron chi connectivity index (χ4n) is 2.88. The molecule has 1 atom stereocenters. The molecule has 1 N–H and O–H groups in total. The van der Waals surface area contributed by atoms with Gasteiger partial charge in [-0.25, -0.2) is 0 Å². The van der Waals surface area contributed by atoms with Crippen LogP contribution >= 0.6 is 0 Å². The molecule has 0 aliphatic rings. The highest BCUT2D eigenvalue weighted by molar-refractivity contribution is 5.37. The summed E-state index contributed by atoms with van der Waals surface area (Å²) in [5.74, 6) is 0.329. The lowest BCUT2D eigenvalue weighted by Crippen LogP contribution is -2.23. The number of benzene rings is 2. The number of nitrogens with zero attached hydrogens (tertiary/aromatic N) is 1. The molecule has 2 rings (SSSR count). The van der Waals surface area contributed by atoms with Gasteiger partial charge in [0.2, 0.25) is 0 Å².